The number of carbonyl (C=O) groups excluding carboxylic acids is 1. The molecular formula is C6H14B2O2. The molecule has 0 aliphatic heterocycles. The normalized spacial score (nSPS) is 10.7. The molecule has 0 saturated carbocycles. The SMILES string of the molecule is BBOC(=O)C(C)(C)CC. The maximum atomic E-state index is 11.1. The predicted octanol–water partition coefficient (Wildman–Crippen LogP) is -0.135. The minimum absolute atomic E-state index is 0.0995. The van der Waals surface area contributed by atoms with Gasteiger partial charge in [-0.3, -0.25) is 4.79 Å². The van der Waals surface area contributed by atoms with E-state index in [1.165, 1.54) is 0 Å². The Labute approximate surface area is 64.0 Å². The van der Waals surface area contributed by atoms with Crippen molar-refractivity contribution in [1.82, 2.24) is 0 Å². The molecule has 0 aromatic heterocycles. The van der Waals surface area contributed by atoms with E-state index >= 15 is 0 Å². The lowest BCUT2D eigenvalue weighted by atomic mass is 9.71. The van der Waals surface area contributed by atoms with Gasteiger partial charge in [0.05, 0.1) is 5.41 Å². The summed E-state index contributed by atoms with van der Waals surface area (Å²) in [5, 5.41) is 0. The van der Waals surface area contributed by atoms with Crippen LogP contribution in [0.15, 0.2) is 0 Å². The lowest BCUT2D eigenvalue weighted by Crippen LogP contribution is -2.27. The van der Waals surface area contributed by atoms with Gasteiger partial charge >= 0.3 is 0 Å². The second-order valence-electron chi connectivity index (χ2n) is 2.96. The van der Waals surface area contributed by atoms with E-state index in [0.29, 0.717) is 7.37 Å². The van der Waals surface area contributed by atoms with E-state index < -0.39 is 0 Å². The fourth-order valence-electron chi connectivity index (χ4n) is 0.471. The number of hydrogen-bond acceptors (Lipinski definition) is 2. The highest BCUT2D eigenvalue weighted by Crippen LogP contribution is 2.20. The fourth-order valence-corrected chi connectivity index (χ4v) is 0.471. The average molecular weight is 140 g/mol. The highest BCUT2D eigenvalue weighted by molar-refractivity contribution is 6.86. The van der Waals surface area contributed by atoms with Crippen molar-refractivity contribution in [2.24, 2.45) is 5.41 Å². The molecule has 0 radical (unpaired) electrons. The van der Waals surface area contributed by atoms with Crippen LogP contribution >= 0.6 is 0 Å². The molecule has 10 heavy (non-hydrogen) atoms. The van der Waals surface area contributed by atoms with Crippen molar-refractivity contribution in [1.29, 1.82) is 0 Å². The summed E-state index contributed by atoms with van der Waals surface area (Å²) < 4.78 is 4.86. The topological polar surface area (TPSA) is 26.3 Å². The van der Waals surface area contributed by atoms with Gasteiger partial charge in [-0.05, 0) is 20.3 Å². The molecule has 2 nitrogen and oxygen atoms in total. The van der Waals surface area contributed by atoms with E-state index in [2.05, 4.69) is 0 Å². The molecule has 0 aliphatic carbocycles. The van der Waals surface area contributed by atoms with Crippen LogP contribution in [-0.2, 0) is 9.45 Å². The van der Waals surface area contributed by atoms with E-state index in [9.17, 15) is 4.79 Å². The minimum Gasteiger partial charge on any atom is -0.548 e. The first-order valence-electron chi connectivity index (χ1n) is 3.71. The largest absolute Gasteiger partial charge is 0.548 e. The Balaban J connectivity index is 3.91. The molecule has 0 fully saturated rings. The third kappa shape index (κ3) is 2.46. The molecule has 0 unspecified atom stereocenters. The Morgan fingerprint density at radius 3 is 2.50 bits per heavy atom. The quantitative estimate of drug-likeness (QED) is 0.510. The fraction of sp³-hybridized carbons (Fsp3) is 0.833. The summed E-state index contributed by atoms with van der Waals surface area (Å²) in [7, 11) is 2.30. The van der Waals surface area contributed by atoms with Gasteiger partial charge in [-0.1, -0.05) is 6.92 Å². The van der Waals surface area contributed by atoms with E-state index in [1.54, 1.807) is 0 Å². The molecule has 0 spiro atoms. The van der Waals surface area contributed by atoms with Crippen molar-refractivity contribution in [2.75, 3.05) is 0 Å². The highest BCUT2D eigenvalue weighted by atomic mass is 16.5. The Hall–Kier alpha value is -0.400. The van der Waals surface area contributed by atoms with Crippen molar-refractivity contribution in [3.63, 3.8) is 0 Å². The van der Waals surface area contributed by atoms with Crippen molar-refractivity contribution in [2.45, 2.75) is 27.2 Å². The maximum absolute atomic E-state index is 11.1. The van der Waals surface area contributed by atoms with Gasteiger partial charge < -0.3 is 4.65 Å². The van der Waals surface area contributed by atoms with Crippen LogP contribution in [0, 0.1) is 5.41 Å². The van der Waals surface area contributed by atoms with E-state index in [1.807, 2.05) is 28.5 Å². The summed E-state index contributed by atoms with van der Waals surface area (Å²) in [5.74, 6) is -0.0995. The molecule has 56 valence electrons. The Morgan fingerprint density at radius 2 is 2.20 bits per heavy atom. The van der Waals surface area contributed by atoms with Gasteiger partial charge in [-0.2, -0.15) is 0 Å². The zero-order valence-corrected chi connectivity index (χ0v) is 7.23. The first-order chi connectivity index (χ1) is 4.54. The Kier molecular flexibility index (Phi) is 3.54. The van der Waals surface area contributed by atoms with Crippen LogP contribution in [0.2, 0.25) is 0 Å². The van der Waals surface area contributed by atoms with Gasteiger partial charge in [-0.25, -0.2) is 0 Å². The second-order valence-corrected chi connectivity index (χ2v) is 2.96. The molecule has 0 bridgehead atoms. The molecule has 0 heterocycles. The number of carbonyl (C=O) groups is 1. The number of hydrogen-bond donors (Lipinski definition) is 0. The predicted molar refractivity (Wildman–Crippen MR) is 45.9 cm³/mol. The van der Waals surface area contributed by atoms with Crippen LogP contribution in [-0.4, -0.2) is 21.1 Å². The molecule has 0 amide bonds. The zero-order chi connectivity index (χ0) is 8.20. The minimum atomic E-state index is -0.310. The molecule has 4 heteroatoms. The van der Waals surface area contributed by atoms with Gasteiger partial charge in [0, 0.05) is 0 Å². The molecule has 0 atom stereocenters. The van der Waals surface area contributed by atoms with Crippen LogP contribution in [0.25, 0.3) is 0 Å². The van der Waals surface area contributed by atoms with Crippen LogP contribution < -0.4 is 0 Å². The Bertz CT molecular complexity index is 123. The summed E-state index contributed by atoms with van der Waals surface area (Å²) in [6, 6.07) is 0. The number of rotatable bonds is 3. The lowest BCUT2D eigenvalue weighted by Gasteiger charge is -2.19. The van der Waals surface area contributed by atoms with Gasteiger partial charge in [0.1, 0.15) is 7.74 Å². The summed E-state index contributed by atoms with van der Waals surface area (Å²) in [4.78, 5) is 11.1. The van der Waals surface area contributed by atoms with E-state index in [0.717, 1.165) is 6.42 Å². The summed E-state index contributed by atoms with van der Waals surface area (Å²) in [6.07, 6.45) is 0.825. The third-order valence-electron chi connectivity index (χ3n) is 1.71. The van der Waals surface area contributed by atoms with Crippen molar-refractivity contribution < 1.29 is 9.45 Å². The maximum Gasteiger partial charge on any atom is 0.294 e. The van der Waals surface area contributed by atoms with E-state index in [-0.39, 0.29) is 11.4 Å². The van der Waals surface area contributed by atoms with Crippen LogP contribution in [0.1, 0.15) is 27.2 Å². The van der Waals surface area contributed by atoms with Crippen molar-refractivity contribution >= 4 is 21.1 Å². The Morgan fingerprint density at radius 1 is 1.70 bits per heavy atom. The summed E-state index contributed by atoms with van der Waals surface area (Å²) in [6.45, 7) is 5.77. The van der Waals surface area contributed by atoms with E-state index in [4.69, 9.17) is 4.65 Å². The molecule has 0 aliphatic rings. The van der Waals surface area contributed by atoms with Gasteiger partial charge in [0.2, 0.25) is 0 Å². The van der Waals surface area contributed by atoms with Crippen molar-refractivity contribution in [3.8, 4) is 0 Å². The molecule has 0 rings (SSSR count). The lowest BCUT2D eigenvalue weighted by molar-refractivity contribution is -0.143. The summed E-state index contributed by atoms with van der Waals surface area (Å²) in [5.41, 5.74) is -0.310. The zero-order valence-electron chi connectivity index (χ0n) is 7.23. The monoisotopic (exact) mass is 140 g/mol. The van der Waals surface area contributed by atoms with Gasteiger partial charge in [0.25, 0.3) is 13.3 Å². The van der Waals surface area contributed by atoms with Crippen LogP contribution in [0.5, 0.6) is 0 Å². The molecular weight excluding hydrogens is 126 g/mol. The molecule has 0 aromatic carbocycles. The highest BCUT2D eigenvalue weighted by Gasteiger charge is 2.25. The standard InChI is InChI=1S/C6H14B2O2/c1-4-6(2,3)5(9)10-8-7/h8H,4,7H2,1-3H3. The smallest absolute Gasteiger partial charge is 0.294 e. The third-order valence-corrected chi connectivity index (χ3v) is 1.71. The first-order valence-corrected chi connectivity index (χ1v) is 3.71. The summed E-state index contributed by atoms with van der Waals surface area (Å²) >= 11 is 0. The average Bonchev–Trinajstić information content (AvgIpc) is 1.89. The van der Waals surface area contributed by atoms with Crippen molar-refractivity contribution in [3.05, 3.63) is 0 Å². The molecule has 0 aromatic rings. The molecule has 0 saturated heterocycles. The first kappa shape index (κ1) is 9.60. The van der Waals surface area contributed by atoms with Gasteiger partial charge in [0.15, 0.2) is 0 Å². The molecule has 0 N–H and O–H groups in total. The van der Waals surface area contributed by atoms with Crippen LogP contribution in [0.3, 0.4) is 0 Å². The second kappa shape index (κ2) is 3.69. The van der Waals surface area contributed by atoms with Crippen LogP contribution in [0.4, 0.5) is 0 Å². The van der Waals surface area contributed by atoms with Gasteiger partial charge in [-0.15, -0.1) is 0 Å².